The number of rotatable bonds is 10. The van der Waals surface area contributed by atoms with E-state index in [-0.39, 0.29) is 0 Å². The fourth-order valence-electron chi connectivity index (χ4n) is 3.47. The Bertz CT molecular complexity index is 546. The minimum absolute atomic E-state index is 0.344. The number of nitrogens with one attached hydrogen (secondary N) is 1. The van der Waals surface area contributed by atoms with Gasteiger partial charge in [0, 0.05) is 19.6 Å². The molecule has 0 unspecified atom stereocenters. The van der Waals surface area contributed by atoms with Gasteiger partial charge in [-0.2, -0.15) is 0 Å². The summed E-state index contributed by atoms with van der Waals surface area (Å²) in [5.41, 5.74) is 1.11. The summed E-state index contributed by atoms with van der Waals surface area (Å²) in [4.78, 5) is 2.51. The number of hydrogen-bond acceptors (Lipinski definition) is 5. The van der Waals surface area contributed by atoms with E-state index in [0.29, 0.717) is 35.3 Å². The van der Waals surface area contributed by atoms with E-state index >= 15 is 0 Å². The lowest BCUT2D eigenvalue weighted by Crippen LogP contribution is -2.45. The molecule has 0 saturated carbocycles. The van der Waals surface area contributed by atoms with Gasteiger partial charge in [-0.25, -0.2) is 0 Å². The number of unbranched alkanes of at least 4 members (excludes halogenated alkanes) is 1. The Balaban J connectivity index is 1.69. The Morgan fingerprint density at radius 1 is 1.23 bits per heavy atom. The number of nitrogens with zero attached hydrogens (tertiary/aromatic N) is 1. The maximum atomic E-state index is 6.29. The van der Waals surface area contributed by atoms with Crippen molar-refractivity contribution in [3.8, 4) is 11.5 Å². The third kappa shape index (κ3) is 6.62. The Kier molecular flexibility index (Phi) is 8.99. The highest BCUT2D eigenvalue weighted by molar-refractivity contribution is 6.32. The van der Waals surface area contributed by atoms with Crippen LogP contribution >= 0.6 is 11.6 Å². The molecule has 1 heterocycles. The van der Waals surface area contributed by atoms with Crippen molar-refractivity contribution in [3.63, 3.8) is 0 Å². The van der Waals surface area contributed by atoms with Crippen LogP contribution in [-0.4, -0.2) is 57.0 Å². The molecule has 26 heavy (non-hydrogen) atoms. The van der Waals surface area contributed by atoms with Gasteiger partial charge in [0.25, 0.3) is 0 Å². The van der Waals surface area contributed by atoms with Crippen LogP contribution in [0.5, 0.6) is 11.5 Å². The molecule has 1 saturated heterocycles. The first-order valence-corrected chi connectivity index (χ1v) is 9.99. The molecule has 2 atom stereocenters. The monoisotopic (exact) mass is 384 g/mol. The van der Waals surface area contributed by atoms with Gasteiger partial charge < -0.3 is 19.5 Å². The Hall–Kier alpha value is -1.01. The Morgan fingerprint density at radius 2 is 1.96 bits per heavy atom. The molecule has 1 aliphatic rings. The smallest absolute Gasteiger partial charge is 0.179 e. The van der Waals surface area contributed by atoms with E-state index in [2.05, 4.69) is 24.1 Å². The van der Waals surface area contributed by atoms with Gasteiger partial charge in [0.15, 0.2) is 11.5 Å². The normalized spacial score (nSPS) is 21.0. The second kappa shape index (κ2) is 11.0. The maximum Gasteiger partial charge on any atom is 0.179 e. The average molecular weight is 385 g/mol. The molecule has 148 valence electrons. The second-order valence-corrected chi connectivity index (χ2v) is 7.35. The van der Waals surface area contributed by atoms with Crippen LogP contribution in [0.15, 0.2) is 12.1 Å². The molecule has 1 fully saturated rings. The summed E-state index contributed by atoms with van der Waals surface area (Å²) < 4.78 is 16.7. The van der Waals surface area contributed by atoms with Crippen LogP contribution in [0.2, 0.25) is 5.02 Å². The van der Waals surface area contributed by atoms with Crippen LogP contribution in [0.25, 0.3) is 0 Å². The first-order valence-electron chi connectivity index (χ1n) is 9.61. The summed E-state index contributed by atoms with van der Waals surface area (Å²) in [6.07, 6.45) is 3.04. The highest BCUT2D eigenvalue weighted by Gasteiger charge is 2.21. The lowest BCUT2D eigenvalue weighted by Gasteiger charge is -2.35. The Morgan fingerprint density at radius 3 is 2.62 bits per heavy atom. The van der Waals surface area contributed by atoms with E-state index in [1.165, 1.54) is 6.42 Å². The molecule has 2 rings (SSSR count). The topological polar surface area (TPSA) is 43.0 Å². The second-order valence-electron chi connectivity index (χ2n) is 6.94. The first kappa shape index (κ1) is 21.3. The standard InChI is InChI=1S/C20H33ClN2O3/c1-5-25-19-11-17(10-18(21)20(19)24-4)12-22-8-6-7-9-23-13-15(2)26-16(3)14-23/h10-11,15-16,22H,5-9,12-14H2,1-4H3/t15-,16-/m0/s1. The number of halogens is 1. The van der Waals surface area contributed by atoms with Crippen LogP contribution in [0, 0.1) is 0 Å². The molecule has 5 nitrogen and oxygen atoms in total. The molecule has 6 heteroatoms. The molecule has 0 bridgehead atoms. The van der Waals surface area contributed by atoms with Crippen LogP contribution in [-0.2, 0) is 11.3 Å². The zero-order chi connectivity index (χ0) is 18.9. The van der Waals surface area contributed by atoms with Gasteiger partial charge in [0.1, 0.15) is 0 Å². The largest absolute Gasteiger partial charge is 0.491 e. The maximum absolute atomic E-state index is 6.29. The van der Waals surface area contributed by atoms with E-state index in [1.54, 1.807) is 7.11 Å². The summed E-state index contributed by atoms with van der Waals surface area (Å²) in [6, 6.07) is 3.93. The average Bonchev–Trinajstić information content (AvgIpc) is 2.57. The summed E-state index contributed by atoms with van der Waals surface area (Å²) in [7, 11) is 1.61. The molecule has 1 aromatic carbocycles. The van der Waals surface area contributed by atoms with Gasteiger partial charge >= 0.3 is 0 Å². The summed E-state index contributed by atoms with van der Waals surface area (Å²) in [5.74, 6) is 1.31. The molecule has 0 radical (unpaired) electrons. The number of ether oxygens (including phenoxy) is 3. The van der Waals surface area contributed by atoms with Crippen molar-refractivity contribution in [2.45, 2.75) is 52.4 Å². The number of hydrogen-bond donors (Lipinski definition) is 1. The van der Waals surface area contributed by atoms with Crippen molar-refractivity contribution in [2.75, 3.05) is 39.9 Å². The van der Waals surface area contributed by atoms with Crippen LogP contribution in [0.3, 0.4) is 0 Å². The minimum Gasteiger partial charge on any atom is -0.491 e. The highest BCUT2D eigenvalue weighted by Crippen LogP contribution is 2.36. The SMILES string of the molecule is CCOc1cc(CNCCCCN2C[C@H](C)O[C@@H](C)C2)cc(Cl)c1OC. The molecule has 1 N–H and O–H groups in total. The lowest BCUT2D eigenvalue weighted by atomic mass is 10.2. The third-order valence-corrected chi connectivity index (χ3v) is 4.76. The van der Waals surface area contributed by atoms with Gasteiger partial charge in [0.2, 0.25) is 0 Å². The predicted octanol–water partition coefficient (Wildman–Crippen LogP) is 3.73. The fraction of sp³-hybridized carbons (Fsp3) is 0.700. The van der Waals surface area contributed by atoms with Crippen molar-refractivity contribution in [1.29, 1.82) is 0 Å². The predicted molar refractivity (Wildman–Crippen MR) is 107 cm³/mol. The molecule has 0 aliphatic carbocycles. The Labute approximate surface area is 162 Å². The lowest BCUT2D eigenvalue weighted by molar-refractivity contribution is -0.0681. The summed E-state index contributed by atoms with van der Waals surface area (Å²) in [5, 5.41) is 4.08. The van der Waals surface area contributed by atoms with E-state index in [4.69, 9.17) is 25.8 Å². The quantitative estimate of drug-likeness (QED) is 0.622. The minimum atomic E-state index is 0.344. The van der Waals surface area contributed by atoms with Crippen molar-refractivity contribution >= 4 is 11.6 Å². The zero-order valence-corrected chi connectivity index (χ0v) is 17.3. The third-order valence-electron chi connectivity index (χ3n) is 4.48. The summed E-state index contributed by atoms with van der Waals surface area (Å²) >= 11 is 6.29. The molecule has 0 aromatic heterocycles. The fourth-order valence-corrected chi connectivity index (χ4v) is 3.78. The van der Waals surface area contributed by atoms with Crippen molar-refractivity contribution < 1.29 is 14.2 Å². The van der Waals surface area contributed by atoms with Crippen LogP contribution in [0.1, 0.15) is 39.2 Å². The number of methoxy groups -OCH3 is 1. The first-order chi connectivity index (χ1) is 12.5. The molecule has 0 amide bonds. The van der Waals surface area contributed by atoms with Crippen molar-refractivity contribution in [3.05, 3.63) is 22.7 Å². The summed E-state index contributed by atoms with van der Waals surface area (Å²) in [6.45, 7) is 11.8. The van der Waals surface area contributed by atoms with E-state index in [0.717, 1.165) is 44.7 Å². The molecule has 1 aromatic rings. The molecular formula is C20H33ClN2O3. The van der Waals surface area contributed by atoms with Crippen molar-refractivity contribution in [1.82, 2.24) is 10.2 Å². The van der Waals surface area contributed by atoms with Crippen molar-refractivity contribution in [2.24, 2.45) is 0 Å². The van der Waals surface area contributed by atoms with Gasteiger partial charge in [0.05, 0.1) is 30.9 Å². The van der Waals surface area contributed by atoms with Crippen LogP contribution < -0.4 is 14.8 Å². The van der Waals surface area contributed by atoms with E-state index < -0.39 is 0 Å². The van der Waals surface area contributed by atoms with E-state index in [1.807, 2.05) is 19.1 Å². The zero-order valence-electron chi connectivity index (χ0n) is 16.5. The van der Waals surface area contributed by atoms with Gasteiger partial charge in [-0.05, 0) is 64.4 Å². The van der Waals surface area contributed by atoms with E-state index in [9.17, 15) is 0 Å². The molecule has 1 aliphatic heterocycles. The van der Waals surface area contributed by atoms with Gasteiger partial charge in [-0.15, -0.1) is 0 Å². The van der Waals surface area contributed by atoms with Gasteiger partial charge in [-0.1, -0.05) is 11.6 Å². The molecular weight excluding hydrogens is 352 g/mol. The van der Waals surface area contributed by atoms with Gasteiger partial charge in [-0.3, -0.25) is 4.90 Å². The molecule has 0 spiro atoms. The highest BCUT2D eigenvalue weighted by atomic mass is 35.5. The number of benzene rings is 1. The van der Waals surface area contributed by atoms with Crippen LogP contribution in [0.4, 0.5) is 0 Å². The number of morpholine rings is 1.